The molecule has 1 aliphatic heterocycles. The third-order valence-electron chi connectivity index (χ3n) is 5.73. The number of amides is 1. The molecule has 1 aromatic heterocycles. The first kappa shape index (κ1) is 21.3. The van der Waals surface area contributed by atoms with E-state index in [2.05, 4.69) is 34.1 Å². The number of carbonyl (C=O) groups excluding carboxylic acids is 1. The van der Waals surface area contributed by atoms with Crippen molar-refractivity contribution < 1.29 is 4.79 Å². The molecule has 160 valence electrons. The number of halogens is 1. The van der Waals surface area contributed by atoms with Gasteiger partial charge in [-0.2, -0.15) is 0 Å². The molecule has 1 atom stereocenters. The number of rotatable bonds is 5. The Morgan fingerprint density at radius 2 is 1.55 bits per heavy atom. The third-order valence-corrected chi connectivity index (χ3v) is 6.17. The minimum Gasteiger partial charge on any atom is -0.353 e. The molecule has 4 rings (SSSR count). The zero-order valence-corrected chi connectivity index (χ0v) is 18.7. The van der Waals surface area contributed by atoms with Gasteiger partial charge in [0.1, 0.15) is 17.0 Å². The van der Waals surface area contributed by atoms with E-state index in [4.69, 9.17) is 16.6 Å². The number of hydrogen-bond donors (Lipinski definition) is 0. The Bertz CT molecular complexity index is 1030. The van der Waals surface area contributed by atoms with E-state index in [1.807, 2.05) is 55.1 Å². The van der Waals surface area contributed by atoms with Gasteiger partial charge in [0.05, 0.1) is 0 Å². The summed E-state index contributed by atoms with van der Waals surface area (Å²) in [6.45, 7) is 6.68. The fraction of sp³-hybridized carbons (Fsp3) is 0.320. The molecule has 0 radical (unpaired) electrons. The van der Waals surface area contributed by atoms with Gasteiger partial charge in [-0.3, -0.25) is 4.79 Å². The quantitative estimate of drug-likeness (QED) is 0.561. The predicted molar refractivity (Wildman–Crippen MR) is 125 cm³/mol. The van der Waals surface area contributed by atoms with Crippen LogP contribution >= 0.6 is 11.6 Å². The van der Waals surface area contributed by atoms with Crippen molar-refractivity contribution in [3.05, 3.63) is 88.9 Å². The second-order valence-corrected chi connectivity index (χ2v) is 8.34. The summed E-state index contributed by atoms with van der Waals surface area (Å²) in [7, 11) is 0. The third kappa shape index (κ3) is 4.88. The molecule has 0 spiro atoms. The molecule has 0 saturated carbocycles. The molecule has 1 aliphatic rings. The highest BCUT2D eigenvalue weighted by Gasteiger charge is 2.28. The minimum atomic E-state index is -0.648. The lowest BCUT2D eigenvalue weighted by Gasteiger charge is -2.37. The molecular weight excluding hydrogens is 408 g/mol. The minimum absolute atomic E-state index is 0.0351. The number of anilines is 1. The van der Waals surface area contributed by atoms with Gasteiger partial charge in [-0.05, 0) is 25.0 Å². The van der Waals surface area contributed by atoms with Crippen LogP contribution in [0.4, 0.5) is 5.82 Å². The first-order chi connectivity index (χ1) is 15.0. The molecule has 1 fully saturated rings. The normalized spacial score (nSPS) is 15.1. The fourth-order valence-corrected chi connectivity index (χ4v) is 4.33. The zero-order valence-electron chi connectivity index (χ0n) is 18.0. The molecule has 3 aromatic rings. The highest BCUT2D eigenvalue weighted by Crippen LogP contribution is 2.27. The fourth-order valence-electron chi connectivity index (χ4n) is 4.05. The number of hydrogen-bond acceptors (Lipinski definition) is 4. The van der Waals surface area contributed by atoms with Gasteiger partial charge in [0, 0.05) is 43.9 Å². The second kappa shape index (κ2) is 9.48. The number of piperazine rings is 1. The van der Waals surface area contributed by atoms with Crippen LogP contribution in [0.1, 0.15) is 33.6 Å². The smallest absolute Gasteiger partial charge is 0.245 e. The summed E-state index contributed by atoms with van der Waals surface area (Å²) in [4.78, 5) is 26.4. The molecule has 2 heterocycles. The summed E-state index contributed by atoms with van der Waals surface area (Å²) in [5.74, 6) is 1.71. The lowest BCUT2D eigenvalue weighted by Crippen LogP contribution is -2.50. The largest absolute Gasteiger partial charge is 0.353 e. The van der Waals surface area contributed by atoms with Crippen molar-refractivity contribution in [3.8, 4) is 0 Å². The molecule has 1 amide bonds. The van der Waals surface area contributed by atoms with Crippen LogP contribution in [0.15, 0.2) is 60.7 Å². The summed E-state index contributed by atoms with van der Waals surface area (Å²) < 4.78 is 0. The van der Waals surface area contributed by atoms with Gasteiger partial charge in [0.2, 0.25) is 5.91 Å². The Hall–Kier alpha value is -2.92. The van der Waals surface area contributed by atoms with E-state index in [1.165, 1.54) is 5.56 Å². The molecule has 0 N–H and O–H groups in total. The van der Waals surface area contributed by atoms with E-state index in [0.717, 1.165) is 48.0 Å². The maximum atomic E-state index is 12.9. The average Bonchev–Trinajstić information content (AvgIpc) is 2.81. The first-order valence-electron chi connectivity index (χ1n) is 10.6. The number of aryl methyl sites for hydroxylation is 2. The van der Waals surface area contributed by atoms with E-state index >= 15 is 0 Å². The number of carbonyl (C=O) groups is 1. The molecule has 1 saturated heterocycles. The van der Waals surface area contributed by atoms with Gasteiger partial charge in [0.15, 0.2) is 0 Å². The maximum Gasteiger partial charge on any atom is 0.245 e. The molecule has 0 aliphatic carbocycles. The van der Waals surface area contributed by atoms with Crippen molar-refractivity contribution in [2.24, 2.45) is 0 Å². The van der Waals surface area contributed by atoms with Crippen LogP contribution in [0.3, 0.4) is 0 Å². The molecule has 0 bridgehead atoms. The highest BCUT2D eigenvalue weighted by molar-refractivity contribution is 6.30. The van der Waals surface area contributed by atoms with Crippen molar-refractivity contribution >= 4 is 23.3 Å². The molecule has 2 aromatic carbocycles. The molecule has 1 unspecified atom stereocenters. The molecular formula is C25H27ClN4O. The van der Waals surface area contributed by atoms with Gasteiger partial charge in [-0.15, -0.1) is 11.6 Å². The highest BCUT2D eigenvalue weighted by atomic mass is 35.5. The van der Waals surface area contributed by atoms with Crippen LogP contribution in [0.25, 0.3) is 0 Å². The summed E-state index contributed by atoms with van der Waals surface area (Å²) in [5.41, 5.74) is 4.23. The average molecular weight is 435 g/mol. The SMILES string of the molecule is Cc1nc(C)c(Cc2ccccc2)c(N2CCN(C(=O)C(Cl)c3ccccc3)CC2)n1. The van der Waals surface area contributed by atoms with Crippen LogP contribution in [-0.4, -0.2) is 47.0 Å². The monoisotopic (exact) mass is 434 g/mol. The van der Waals surface area contributed by atoms with Crippen LogP contribution < -0.4 is 4.90 Å². The van der Waals surface area contributed by atoms with E-state index < -0.39 is 5.38 Å². The van der Waals surface area contributed by atoms with E-state index in [0.29, 0.717) is 13.1 Å². The van der Waals surface area contributed by atoms with E-state index in [9.17, 15) is 4.79 Å². The number of benzene rings is 2. The number of aromatic nitrogens is 2. The standard InChI is InChI=1S/C25H27ClN4O/c1-18-22(17-20-9-5-3-6-10-20)24(28-19(2)27-18)29-13-15-30(16-14-29)25(31)23(26)21-11-7-4-8-12-21/h3-12,23H,13-17H2,1-2H3. The number of alkyl halides is 1. The molecule has 6 heteroatoms. The van der Waals surface area contributed by atoms with Gasteiger partial charge < -0.3 is 9.80 Å². The topological polar surface area (TPSA) is 49.3 Å². The summed E-state index contributed by atoms with van der Waals surface area (Å²) >= 11 is 6.48. The van der Waals surface area contributed by atoms with Crippen molar-refractivity contribution in [3.63, 3.8) is 0 Å². The number of nitrogens with zero attached hydrogens (tertiary/aromatic N) is 4. The van der Waals surface area contributed by atoms with Crippen LogP contribution in [-0.2, 0) is 11.2 Å². The Balaban J connectivity index is 1.49. The van der Waals surface area contributed by atoms with E-state index in [1.54, 1.807) is 0 Å². The summed E-state index contributed by atoms with van der Waals surface area (Å²) in [5, 5.41) is -0.648. The van der Waals surface area contributed by atoms with Crippen molar-refractivity contribution in [1.29, 1.82) is 0 Å². The predicted octanol–water partition coefficient (Wildman–Crippen LogP) is 4.31. The van der Waals surface area contributed by atoms with E-state index in [-0.39, 0.29) is 5.91 Å². The summed E-state index contributed by atoms with van der Waals surface area (Å²) in [6, 6.07) is 19.9. The molecule has 5 nitrogen and oxygen atoms in total. The van der Waals surface area contributed by atoms with Gasteiger partial charge in [0.25, 0.3) is 0 Å². The van der Waals surface area contributed by atoms with Crippen LogP contribution in [0.2, 0.25) is 0 Å². The summed E-state index contributed by atoms with van der Waals surface area (Å²) in [6.07, 6.45) is 0.791. The molecule has 31 heavy (non-hydrogen) atoms. The van der Waals surface area contributed by atoms with Crippen LogP contribution in [0.5, 0.6) is 0 Å². The first-order valence-corrected chi connectivity index (χ1v) is 11.1. The Kier molecular flexibility index (Phi) is 6.52. The van der Waals surface area contributed by atoms with Crippen molar-refractivity contribution in [2.75, 3.05) is 31.1 Å². The van der Waals surface area contributed by atoms with Crippen molar-refractivity contribution in [1.82, 2.24) is 14.9 Å². The van der Waals surface area contributed by atoms with Gasteiger partial charge in [-0.1, -0.05) is 60.7 Å². The van der Waals surface area contributed by atoms with Crippen LogP contribution in [0, 0.1) is 13.8 Å². The Labute approximate surface area is 188 Å². The Morgan fingerprint density at radius 3 is 2.19 bits per heavy atom. The Morgan fingerprint density at radius 1 is 0.935 bits per heavy atom. The lowest BCUT2D eigenvalue weighted by molar-refractivity contribution is -0.131. The zero-order chi connectivity index (χ0) is 21.8. The maximum absolute atomic E-state index is 12.9. The second-order valence-electron chi connectivity index (χ2n) is 7.91. The lowest BCUT2D eigenvalue weighted by atomic mass is 10.0. The van der Waals surface area contributed by atoms with Crippen molar-refractivity contribution in [2.45, 2.75) is 25.6 Å². The van der Waals surface area contributed by atoms with Gasteiger partial charge >= 0.3 is 0 Å². The van der Waals surface area contributed by atoms with Gasteiger partial charge in [-0.25, -0.2) is 9.97 Å².